The lowest BCUT2D eigenvalue weighted by atomic mass is 10.1. The zero-order chi connectivity index (χ0) is 14.5. The first-order chi connectivity index (χ1) is 9.69. The first-order valence-corrected chi connectivity index (χ1v) is 7.72. The van der Waals surface area contributed by atoms with E-state index in [1.54, 1.807) is 6.20 Å². The molecule has 1 heterocycles. The Kier molecular flexibility index (Phi) is 5.17. The molecule has 2 N–H and O–H groups in total. The summed E-state index contributed by atoms with van der Waals surface area (Å²) in [6.45, 7) is 6.23. The lowest BCUT2D eigenvalue weighted by molar-refractivity contribution is 0.0692. The van der Waals surface area contributed by atoms with Crippen molar-refractivity contribution >= 4 is 5.91 Å². The van der Waals surface area contributed by atoms with Gasteiger partial charge >= 0.3 is 0 Å². The van der Waals surface area contributed by atoms with Gasteiger partial charge in [-0.1, -0.05) is 12.8 Å². The molecule has 112 valence electrons. The van der Waals surface area contributed by atoms with Crippen LogP contribution in [0.1, 0.15) is 55.1 Å². The molecule has 0 unspecified atom stereocenters. The topological polar surface area (TPSA) is 64.2 Å². The fraction of sp³-hybridized carbons (Fsp3) is 0.733. The van der Waals surface area contributed by atoms with Gasteiger partial charge in [-0.2, -0.15) is 5.10 Å². The van der Waals surface area contributed by atoms with Gasteiger partial charge in [0, 0.05) is 24.8 Å². The molecule has 0 aliphatic heterocycles. The Morgan fingerprint density at radius 3 is 2.80 bits per heavy atom. The molecule has 1 aromatic heterocycles. The Morgan fingerprint density at radius 2 is 2.20 bits per heavy atom. The third-order valence-corrected chi connectivity index (χ3v) is 4.27. The molecule has 1 saturated carbocycles. The first kappa shape index (κ1) is 15.0. The molecule has 0 spiro atoms. The second kappa shape index (κ2) is 6.88. The van der Waals surface area contributed by atoms with Crippen molar-refractivity contribution in [3.8, 4) is 0 Å². The largest absolute Gasteiger partial charge is 0.336 e. The molecular formula is C15H26N4O. The Morgan fingerprint density at radius 1 is 1.50 bits per heavy atom. The monoisotopic (exact) mass is 278 g/mol. The van der Waals surface area contributed by atoms with Crippen LogP contribution in [0.4, 0.5) is 0 Å². The number of hydrogen-bond acceptors (Lipinski definition) is 3. The van der Waals surface area contributed by atoms with E-state index < -0.39 is 0 Å². The van der Waals surface area contributed by atoms with Gasteiger partial charge in [0.25, 0.3) is 5.91 Å². The molecule has 5 heteroatoms. The zero-order valence-electron chi connectivity index (χ0n) is 12.6. The Hall–Kier alpha value is -1.36. The molecule has 2 rings (SSSR count). The number of carbonyl (C=O) groups is 1. The lowest BCUT2D eigenvalue weighted by Gasteiger charge is -2.27. The fourth-order valence-corrected chi connectivity index (χ4v) is 3.06. The van der Waals surface area contributed by atoms with E-state index in [9.17, 15) is 4.79 Å². The van der Waals surface area contributed by atoms with Gasteiger partial charge in [0.2, 0.25) is 0 Å². The van der Waals surface area contributed by atoms with Crippen molar-refractivity contribution in [2.75, 3.05) is 13.1 Å². The Bertz CT molecular complexity index is 449. The maximum atomic E-state index is 12.7. The normalized spacial score (nSPS) is 15.8. The minimum atomic E-state index is 0.135. The van der Waals surface area contributed by atoms with Gasteiger partial charge in [-0.25, -0.2) is 0 Å². The van der Waals surface area contributed by atoms with Gasteiger partial charge in [0.05, 0.1) is 11.8 Å². The van der Waals surface area contributed by atoms with E-state index in [0.29, 0.717) is 12.6 Å². The van der Waals surface area contributed by atoms with Gasteiger partial charge < -0.3 is 10.6 Å². The van der Waals surface area contributed by atoms with Crippen LogP contribution in [-0.2, 0) is 6.54 Å². The quantitative estimate of drug-likeness (QED) is 0.865. The van der Waals surface area contributed by atoms with Crippen LogP contribution in [0.15, 0.2) is 6.20 Å². The van der Waals surface area contributed by atoms with E-state index in [4.69, 9.17) is 5.73 Å². The van der Waals surface area contributed by atoms with E-state index in [2.05, 4.69) is 12.0 Å². The Balaban J connectivity index is 2.12. The molecule has 1 amide bonds. The van der Waals surface area contributed by atoms with Crippen LogP contribution in [-0.4, -0.2) is 39.7 Å². The summed E-state index contributed by atoms with van der Waals surface area (Å²) in [7, 11) is 0. The van der Waals surface area contributed by atoms with Crippen molar-refractivity contribution in [1.82, 2.24) is 14.7 Å². The van der Waals surface area contributed by atoms with Gasteiger partial charge in [0.1, 0.15) is 0 Å². The second-order valence-corrected chi connectivity index (χ2v) is 5.54. The minimum absolute atomic E-state index is 0.135. The number of aromatic nitrogens is 2. The maximum absolute atomic E-state index is 12.7. The van der Waals surface area contributed by atoms with Gasteiger partial charge in [0.15, 0.2) is 0 Å². The summed E-state index contributed by atoms with van der Waals surface area (Å²) in [5, 5.41) is 4.33. The SMILES string of the molecule is CCN(C(=O)c1cnn(CCCN)c1C)C1CCCC1. The van der Waals surface area contributed by atoms with E-state index in [1.165, 1.54) is 12.8 Å². The number of hydrogen-bond donors (Lipinski definition) is 1. The highest BCUT2D eigenvalue weighted by Gasteiger charge is 2.28. The fourth-order valence-electron chi connectivity index (χ4n) is 3.06. The van der Waals surface area contributed by atoms with Crippen LogP contribution < -0.4 is 5.73 Å². The maximum Gasteiger partial charge on any atom is 0.257 e. The molecule has 0 atom stereocenters. The number of carbonyl (C=O) groups excluding carboxylic acids is 1. The minimum Gasteiger partial charge on any atom is -0.336 e. The number of rotatable bonds is 6. The van der Waals surface area contributed by atoms with E-state index in [0.717, 1.165) is 43.6 Å². The highest BCUT2D eigenvalue weighted by atomic mass is 16.2. The van der Waals surface area contributed by atoms with Gasteiger partial charge in [-0.15, -0.1) is 0 Å². The molecule has 1 aliphatic rings. The molecule has 1 fully saturated rings. The third-order valence-electron chi connectivity index (χ3n) is 4.27. The van der Waals surface area contributed by atoms with Crippen molar-refractivity contribution < 1.29 is 4.79 Å². The lowest BCUT2D eigenvalue weighted by Crippen LogP contribution is -2.38. The van der Waals surface area contributed by atoms with Crippen molar-refractivity contribution in [3.63, 3.8) is 0 Å². The summed E-state index contributed by atoms with van der Waals surface area (Å²) in [6, 6.07) is 0.416. The number of amides is 1. The van der Waals surface area contributed by atoms with Gasteiger partial charge in [-0.3, -0.25) is 9.48 Å². The highest BCUT2D eigenvalue weighted by Crippen LogP contribution is 2.25. The van der Waals surface area contributed by atoms with Crippen LogP contribution in [0.25, 0.3) is 0 Å². The third kappa shape index (κ3) is 3.03. The van der Waals surface area contributed by atoms with E-state index >= 15 is 0 Å². The van der Waals surface area contributed by atoms with Gasteiger partial charge in [-0.05, 0) is 39.7 Å². The second-order valence-electron chi connectivity index (χ2n) is 5.54. The molecule has 0 aromatic carbocycles. The first-order valence-electron chi connectivity index (χ1n) is 7.72. The van der Waals surface area contributed by atoms with Crippen LogP contribution in [0.2, 0.25) is 0 Å². The molecule has 1 aromatic rings. The summed E-state index contributed by atoms with van der Waals surface area (Å²) in [6.07, 6.45) is 7.36. The Labute approximate surface area is 121 Å². The molecule has 0 bridgehead atoms. The van der Waals surface area contributed by atoms with Crippen LogP contribution in [0.5, 0.6) is 0 Å². The predicted octanol–water partition coefficient (Wildman–Crippen LogP) is 1.95. The smallest absolute Gasteiger partial charge is 0.257 e. The molecule has 20 heavy (non-hydrogen) atoms. The molecule has 0 radical (unpaired) electrons. The highest BCUT2D eigenvalue weighted by molar-refractivity contribution is 5.95. The average Bonchev–Trinajstić information content (AvgIpc) is 3.07. The summed E-state index contributed by atoms with van der Waals surface area (Å²) in [5.41, 5.74) is 7.23. The molecule has 5 nitrogen and oxygen atoms in total. The summed E-state index contributed by atoms with van der Waals surface area (Å²) in [4.78, 5) is 14.7. The summed E-state index contributed by atoms with van der Waals surface area (Å²) >= 11 is 0. The van der Waals surface area contributed by atoms with Crippen LogP contribution >= 0.6 is 0 Å². The van der Waals surface area contributed by atoms with Crippen molar-refractivity contribution in [2.45, 2.75) is 58.5 Å². The van der Waals surface area contributed by atoms with Crippen molar-refractivity contribution in [1.29, 1.82) is 0 Å². The molecule has 1 aliphatic carbocycles. The number of aryl methyl sites for hydroxylation is 1. The zero-order valence-corrected chi connectivity index (χ0v) is 12.6. The standard InChI is InChI=1S/C15H26N4O/c1-3-18(13-7-4-5-8-13)15(20)14-11-17-19(12(14)2)10-6-9-16/h11,13H,3-10,16H2,1-2H3. The number of nitrogens with zero attached hydrogens (tertiary/aromatic N) is 3. The van der Waals surface area contributed by atoms with E-state index in [-0.39, 0.29) is 5.91 Å². The van der Waals surface area contributed by atoms with Crippen molar-refractivity contribution in [2.24, 2.45) is 5.73 Å². The summed E-state index contributed by atoms with van der Waals surface area (Å²) < 4.78 is 1.89. The van der Waals surface area contributed by atoms with Crippen molar-refractivity contribution in [3.05, 3.63) is 17.5 Å². The summed E-state index contributed by atoms with van der Waals surface area (Å²) in [5.74, 6) is 0.135. The van der Waals surface area contributed by atoms with Crippen LogP contribution in [0, 0.1) is 6.92 Å². The predicted molar refractivity (Wildman–Crippen MR) is 79.6 cm³/mol. The molecule has 0 saturated heterocycles. The molecular weight excluding hydrogens is 252 g/mol. The van der Waals surface area contributed by atoms with Crippen LogP contribution in [0.3, 0.4) is 0 Å². The average molecular weight is 278 g/mol. The number of nitrogens with two attached hydrogens (primary N) is 1. The van der Waals surface area contributed by atoms with E-state index in [1.807, 2.05) is 16.5 Å².